The van der Waals surface area contributed by atoms with Crippen molar-refractivity contribution in [3.05, 3.63) is 28.2 Å². The van der Waals surface area contributed by atoms with E-state index in [1.165, 1.54) is 0 Å². The molecule has 1 aliphatic heterocycles. The lowest BCUT2D eigenvalue weighted by atomic mass is 10.3. The van der Waals surface area contributed by atoms with Gasteiger partial charge in [-0.15, -0.1) is 0 Å². The summed E-state index contributed by atoms with van der Waals surface area (Å²) in [6.07, 6.45) is 0.268. The number of amides is 1. The Morgan fingerprint density at radius 3 is 2.65 bits per heavy atom. The summed E-state index contributed by atoms with van der Waals surface area (Å²) in [7, 11) is 0. The third-order valence-corrected chi connectivity index (χ3v) is 3.47. The highest BCUT2D eigenvalue weighted by Crippen LogP contribution is 2.25. The van der Waals surface area contributed by atoms with Crippen LogP contribution in [0.3, 0.4) is 0 Å². The van der Waals surface area contributed by atoms with Crippen molar-refractivity contribution in [1.82, 2.24) is 4.90 Å². The average molecular weight is 318 g/mol. The number of halogens is 2. The zero-order valence-corrected chi connectivity index (χ0v) is 12.8. The topological polar surface area (TPSA) is 38.8 Å². The van der Waals surface area contributed by atoms with Gasteiger partial charge in [0, 0.05) is 29.7 Å². The Morgan fingerprint density at radius 1 is 1.25 bits per heavy atom. The van der Waals surface area contributed by atoms with E-state index in [1.807, 2.05) is 0 Å². The molecule has 1 amide bonds. The van der Waals surface area contributed by atoms with E-state index >= 15 is 0 Å². The van der Waals surface area contributed by atoms with Gasteiger partial charge in [-0.2, -0.15) is 0 Å². The molecule has 1 atom stereocenters. The number of benzene rings is 1. The number of carbonyl (C=O) groups is 1. The van der Waals surface area contributed by atoms with Gasteiger partial charge >= 0.3 is 0 Å². The molecule has 0 aromatic heterocycles. The molecule has 110 valence electrons. The lowest BCUT2D eigenvalue weighted by molar-refractivity contribution is -0.138. The average Bonchev–Trinajstić information content (AvgIpc) is 2.65. The summed E-state index contributed by atoms with van der Waals surface area (Å²) < 4.78 is 11.0. The van der Waals surface area contributed by atoms with Crippen LogP contribution in [0.25, 0.3) is 0 Å². The van der Waals surface area contributed by atoms with Crippen LogP contribution in [-0.2, 0) is 9.53 Å². The number of rotatable bonds is 3. The zero-order valence-electron chi connectivity index (χ0n) is 11.3. The van der Waals surface area contributed by atoms with Crippen molar-refractivity contribution in [2.24, 2.45) is 0 Å². The second kappa shape index (κ2) is 7.16. The van der Waals surface area contributed by atoms with E-state index in [4.69, 9.17) is 32.7 Å². The summed E-state index contributed by atoms with van der Waals surface area (Å²) in [5, 5.41) is 0.964. The van der Waals surface area contributed by atoms with Gasteiger partial charge in [-0.05, 0) is 31.5 Å². The van der Waals surface area contributed by atoms with E-state index in [0.717, 1.165) is 6.42 Å². The molecule has 0 bridgehead atoms. The second-order valence-electron chi connectivity index (χ2n) is 4.66. The zero-order chi connectivity index (χ0) is 14.5. The molecule has 1 aliphatic rings. The quantitative estimate of drug-likeness (QED) is 0.860. The van der Waals surface area contributed by atoms with Crippen LogP contribution in [0.1, 0.15) is 13.3 Å². The van der Waals surface area contributed by atoms with Crippen molar-refractivity contribution in [2.75, 3.05) is 26.3 Å². The fourth-order valence-electron chi connectivity index (χ4n) is 2.07. The molecule has 0 N–H and O–H groups in total. The van der Waals surface area contributed by atoms with Crippen LogP contribution >= 0.6 is 23.2 Å². The molecule has 1 aromatic carbocycles. The molecular formula is C14H17Cl2NO3. The molecule has 0 radical (unpaired) electrons. The minimum atomic E-state index is -0.581. The first kappa shape index (κ1) is 15.4. The fraction of sp³-hybridized carbons (Fsp3) is 0.500. The molecular weight excluding hydrogens is 301 g/mol. The van der Waals surface area contributed by atoms with Crippen LogP contribution in [0.2, 0.25) is 10.0 Å². The normalized spacial score (nSPS) is 17.4. The van der Waals surface area contributed by atoms with Crippen LogP contribution in [0, 0.1) is 0 Å². The van der Waals surface area contributed by atoms with Crippen LogP contribution in [0.5, 0.6) is 5.75 Å². The third kappa shape index (κ3) is 4.27. The molecule has 4 nitrogen and oxygen atoms in total. The van der Waals surface area contributed by atoms with Gasteiger partial charge < -0.3 is 14.4 Å². The van der Waals surface area contributed by atoms with Gasteiger partial charge in [-0.1, -0.05) is 23.2 Å². The van der Waals surface area contributed by atoms with Gasteiger partial charge in [0.1, 0.15) is 5.75 Å². The number of ether oxygens (including phenoxy) is 2. The van der Waals surface area contributed by atoms with Crippen LogP contribution in [0.15, 0.2) is 18.2 Å². The highest BCUT2D eigenvalue weighted by molar-refractivity contribution is 6.34. The van der Waals surface area contributed by atoms with E-state index in [-0.39, 0.29) is 5.91 Å². The van der Waals surface area contributed by atoms with E-state index in [1.54, 1.807) is 30.0 Å². The lowest BCUT2D eigenvalue weighted by Gasteiger charge is -2.24. The summed E-state index contributed by atoms with van der Waals surface area (Å²) in [4.78, 5) is 14.1. The Morgan fingerprint density at radius 2 is 1.95 bits per heavy atom. The van der Waals surface area contributed by atoms with Crippen molar-refractivity contribution < 1.29 is 14.3 Å². The van der Waals surface area contributed by atoms with Gasteiger partial charge in [0.15, 0.2) is 6.10 Å². The van der Waals surface area contributed by atoms with Gasteiger partial charge in [-0.3, -0.25) is 4.79 Å². The van der Waals surface area contributed by atoms with Crippen molar-refractivity contribution in [3.8, 4) is 5.75 Å². The van der Waals surface area contributed by atoms with Crippen LogP contribution in [0.4, 0.5) is 0 Å². The first-order chi connectivity index (χ1) is 9.56. The molecule has 2 rings (SSSR count). The summed E-state index contributed by atoms with van der Waals surface area (Å²) >= 11 is 11.8. The van der Waals surface area contributed by atoms with Gasteiger partial charge in [0.2, 0.25) is 0 Å². The predicted octanol–water partition coefficient (Wildman–Crippen LogP) is 3.01. The van der Waals surface area contributed by atoms with E-state index in [2.05, 4.69) is 0 Å². The monoisotopic (exact) mass is 317 g/mol. The smallest absolute Gasteiger partial charge is 0.263 e. The van der Waals surface area contributed by atoms with E-state index in [0.29, 0.717) is 42.1 Å². The summed E-state index contributed by atoms with van der Waals surface area (Å²) in [5.41, 5.74) is 0. The van der Waals surface area contributed by atoms with Crippen molar-refractivity contribution in [3.63, 3.8) is 0 Å². The molecule has 1 saturated heterocycles. The van der Waals surface area contributed by atoms with Gasteiger partial charge in [0.25, 0.3) is 5.91 Å². The standard InChI is InChI=1S/C14H17Cl2NO3/c1-10(14(18)17-3-2-5-19-6-4-17)20-13-8-11(15)7-12(16)9-13/h7-10H,2-6H2,1H3/t10-/m0/s1. The summed E-state index contributed by atoms with van der Waals surface area (Å²) in [6, 6.07) is 4.90. The SMILES string of the molecule is C[C@H](Oc1cc(Cl)cc(Cl)c1)C(=O)N1CCCOCC1. The van der Waals surface area contributed by atoms with Gasteiger partial charge in [-0.25, -0.2) is 0 Å². The largest absolute Gasteiger partial charge is 0.481 e. The minimum Gasteiger partial charge on any atom is -0.481 e. The van der Waals surface area contributed by atoms with Crippen molar-refractivity contribution in [1.29, 1.82) is 0 Å². The summed E-state index contributed by atoms with van der Waals surface area (Å²) in [6.45, 7) is 4.29. The highest BCUT2D eigenvalue weighted by atomic mass is 35.5. The van der Waals surface area contributed by atoms with E-state index in [9.17, 15) is 4.79 Å². The Labute approximate surface area is 128 Å². The first-order valence-electron chi connectivity index (χ1n) is 6.55. The van der Waals surface area contributed by atoms with Crippen LogP contribution < -0.4 is 4.74 Å². The Hall–Kier alpha value is -0.970. The Kier molecular flexibility index (Phi) is 5.52. The molecule has 20 heavy (non-hydrogen) atoms. The number of hydrogen-bond donors (Lipinski definition) is 0. The lowest BCUT2D eigenvalue weighted by Crippen LogP contribution is -2.41. The number of nitrogens with zero attached hydrogens (tertiary/aromatic N) is 1. The minimum absolute atomic E-state index is 0.0494. The fourth-order valence-corrected chi connectivity index (χ4v) is 2.58. The first-order valence-corrected chi connectivity index (χ1v) is 7.31. The van der Waals surface area contributed by atoms with Gasteiger partial charge in [0.05, 0.1) is 6.61 Å². The summed E-state index contributed by atoms with van der Waals surface area (Å²) in [5.74, 6) is 0.445. The number of hydrogen-bond acceptors (Lipinski definition) is 3. The molecule has 0 unspecified atom stereocenters. The molecule has 0 saturated carbocycles. The predicted molar refractivity (Wildman–Crippen MR) is 78.6 cm³/mol. The Balaban J connectivity index is 1.99. The maximum Gasteiger partial charge on any atom is 0.263 e. The van der Waals surface area contributed by atoms with E-state index < -0.39 is 6.10 Å². The molecule has 0 spiro atoms. The molecule has 0 aliphatic carbocycles. The second-order valence-corrected chi connectivity index (χ2v) is 5.53. The van der Waals surface area contributed by atoms with Crippen molar-refractivity contribution >= 4 is 29.1 Å². The molecule has 1 fully saturated rings. The molecule has 6 heteroatoms. The molecule has 1 aromatic rings. The third-order valence-electron chi connectivity index (χ3n) is 3.03. The maximum absolute atomic E-state index is 12.3. The maximum atomic E-state index is 12.3. The number of carbonyl (C=O) groups excluding carboxylic acids is 1. The highest BCUT2D eigenvalue weighted by Gasteiger charge is 2.23. The Bertz CT molecular complexity index is 453. The molecule has 1 heterocycles. The van der Waals surface area contributed by atoms with Crippen LogP contribution in [-0.4, -0.2) is 43.2 Å². The van der Waals surface area contributed by atoms with Crippen molar-refractivity contribution in [2.45, 2.75) is 19.4 Å².